The van der Waals surface area contributed by atoms with E-state index in [1.165, 1.54) is 6.42 Å². The molecule has 0 saturated carbocycles. The van der Waals surface area contributed by atoms with Crippen molar-refractivity contribution in [3.8, 4) is 0 Å². The maximum absolute atomic E-state index is 12.9. The molecule has 2 unspecified atom stereocenters. The Bertz CT molecular complexity index is 716. The maximum atomic E-state index is 12.9. The summed E-state index contributed by atoms with van der Waals surface area (Å²) in [6.07, 6.45) is 6.09. The van der Waals surface area contributed by atoms with Crippen molar-refractivity contribution in [3.63, 3.8) is 0 Å². The van der Waals surface area contributed by atoms with Crippen molar-refractivity contribution in [2.45, 2.75) is 51.5 Å². The van der Waals surface area contributed by atoms with Gasteiger partial charge in [0.1, 0.15) is 5.69 Å². The highest BCUT2D eigenvalue weighted by atomic mass is 16.2. The van der Waals surface area contributed by atoms with Crippen LogP contribution < -0.4 is 5.32 Å². The van der Waals surface area contributed by atoms with Gasteiger partial charge in [0.2, 0.25) is 5.91 Å². The van der Waals surface area contributed by atoms with Crippen LogP contribution in [0.3, 0.4) is 0 Å². The smallest absolute Gasteiger partial charge is 0.272 e. The van der Waals surface area contributed by atoms with Crippen molar-refractivity contribution in [3.05, 3.63) is 29.6 Å². The van der Waals surface area contributed by atoms with Crippen molar-refractivity contribution < 1.29 is 9.59 Å². The minimum Gasteiger partial charge on any atom is -0.343 e. The first-order chi connectivity index (χ1) is 13.6. The van der Waals surface area contributed by atoms with E-state index in [4.69, 9.17) is 0 Å². The number of carbonyl (C=O) groups is 2. The molecule has 152 valence electrons. The van der Waals surface area contributed by atoms with Crippen LogP contribution in [-0.4, -0.2) is 65.4 Å². The van der Waals surface area contributed by atoms with E-state index in [1.807, 2.05) is 34.9 Å². The highest BCUT2D eigenvalue weighted by molar-refractivity contribution is 5.92. The molecule has 3 fully saturated rings. The number of hydrogen-bond acceptors (Lipinski definition) is 4. The Labute approximate surface area is 167 Å². The van der Waals surface area contributed by atoms with E-state index in [1.54, 1.807) is 0 Å². The number of nitrogens with zero attached hydrogens (tertiary/aromatic N) is 3. The molecule has 1 aromatic rings. The summed E-state index contributed by atoms with van der Waals surface area (Å²) in [6.45, 7) is 6.38. The zero-order valence-corrected chi connectivity index (χ0v) is 16.9. The number of hydrogen-bond donors (Lipinski definition) is 1. The molecule has 2 amide bonds. The monoisotopic (exact) mass is 384 g/mol. The van der Waals surface area contributed by atoms with Crippen molar-refractivity contribution >= 4 is 11.8 Å². The number of piperidine rings is 2. The predicted octanol–water partition coefficient (Wildman–Crippen LogP) is 2.23. The molecule has 1 aromatic heterocycles. The van der Waals surface area contributed by atoms with E-state index in [2.05, 4.69) is 10.3 Å². The second-order valence-electron chi connectivity index (χ2n) is 8.73. The molecule has 28 heavy (non-hydrogen) atoms. The molecule has 0 aliphatic carbocycles. The number of aryl methyl sites for hydroxylation is 1. The van der Waals surface area contributed by atoms with Crippen LogP contribution in [-0.2, 0) is 4.79 Å². The molecule has 6 nitrogen and oxygen atoms in total. The van der Waals surface area contributed by atoms with E-state index in [-0.39, 0.29) is 5.91 Å². The summed E-state index contributed by atoms with van der Waals surface area (Å²) in [4.78, 5) is 33.6. The number of amides is 2. The highest BCUT2D eigenvalue weighted by Gasteiger charge is 2.38. The molecular formula is C22H32N4O2. The normalized spacial score (nSPS) is 27.1. The first-order valence-electron chi connectivity index (χ1n) is 10.8. The summed E-state index contributed by atoms with van der Waals surface area (Å²) in [5, 5.41) is 3.69. The number of nitrogens with one attached hydrogen (secondary N) is 1. The Morgan fingerprint density at radius 1 is 1.18 bits per heavy atom. The lowest BCUT2D eigenvalue weighted by Crippen LogP contribution is -2.57. The fraction of sp³-hybridized carbons (Fsp3) is 0.682. The van der Waals surface area contributed by atoms with Crippen molar-refractivity contribution in [1.82, 2.24) is 20.1 Å². The van der Waals surface area contributed by atoms with Gasteiger partial charge in [-0.15, -0.1) is 0 Å². The molecule has 3 saturated heterocycles. The predicted molar refractivity (Wildman–Crippen MR) is 108 cm³/mol. The lowest BCUT2D eigenvalue weighted by molar-refractivity contribution is -0.130. The molecular weight excluding hydrogens is 352 g/mol. The fourth-order valence-corrected chi connectivity index (χ4v) is 5.10. The highest BCUT2D eigenvalue weighted by Crippen LogP contribution is 2.31. The van der Waals surface area contributed by atoms with Crippen molar-refractivity contribution in [2.75, 3.05) is 32.7 Å². The average molecular weight is 385 g/mol. The Morgan fingerprint density at radius 2 is 2.00 bits per heavy atom. The van der Waals surface area contributed by atoms with E-state index in [9.17, 15) is 9.59 Å². The number of fused-ring (bicyclic) bond motifs is 2. The SMILES string of the molecule is Cc1cccc(C(=O)N2CC3CN[C@H](CCCC(=O)N4CCCC4)C(C3)C2)n1. The minimum atomic E-state index is 0.0586. The molecule has 3 aliphatic heterocycles. The number of aromatic nitrogens is 1. The maximum Gasteiger partial charge on any atom is 0.272 e. The van der Waals surface area contributed by atoms with Gasteiger partial charge < -0.3 is 15.1 Å². The molecule has 4 heterocycles. The average Bonchev–Trinajstić information content (AvgIpc) is 3.24. The van der Waals surface area contributed by atoms with E-state index in [0.29, 0.717) is 35.9 Å². The topological polar surface area (TPSA) is 65.5 Å². The van der Waals surface area contributed by atoms with E-state index in [0.717, 1.165) is 64.1 Å². The van der Waals surface area contributed by atoms with Gasteiger partial charge in [-0.3, -0.25) is 9.59 Å². The summed E-state index contributed by atoms with van der Waals surface area (Å²) in [7, 11) is 0. The molecule has 6 heteroatoms. The summed E-state index contributed by atoms with van der Waals surface area (Å²) < 4.78 is 0. The Kier molecular flexibility index (Phi) is 5.95. The van der Waals surface area contributed by atoms with Crippen LogP contribution >= 0.6 is 0 Å². The van der Waals surface area contributed by atoms with Crippen LogP contribution in [0.25, 0.3) is 0 Å². The van der Waals surface area contributed by atoms with Crippen LogP contribution in [0.2, 0.25) is 0 Å². The molecule has 2 bridgehead atoms. The first kappa shape index (κ1) is 19.4. The third-order valence-corrected chi connectivity index (χ3v) is 6.57. The van der Waals surface area contributed by atoms with Gasteiger partial charge in [-0.05, 0) is 69.5 Å². The lowest BCUT2D eigenvalue weighted by atomic mass is 9.79. The van der Waals surface area contributed by atoms with Crippen molar-refractivity contribution in [1.29, 1.82) is 0 Å². The standard InChI is InChI=1S/C22H32N4O2/c1-16-6-4-8-20(24-16)22(28)26-14-17-12-18(15-26)19(23-13-17)7-5-9-21(27)25-10-2-3-11-25/h4,6,8,17-19,23H,2-3,5,7,9-15H2,1H3/t17?,18?,19-/m1/s1. The van der Waals surface area contributed by atoms with Crippen LogP contribution in [0, 0.1) is 18.8 Å². The van der Waals surface area contributed by atoms with Gasteiger partial charge in [-0.25, -0.2) is 4.98 Å². The Morgan fingerprint density at radius 3 is 2.79 bits per heavy atom. The summed E-state index contributed by atoms with van der Waals surface area (Å²) in [5.41, 5.74) is 1.44. The van der Waals surface area contributed by atoms with Crippen LogP contribution in [0.15, 0.2) is 18.2 Å². The zero-order chi connectivity index (χ0) is 19.5. The van der Waals surface area contributed by atoms with Gasteiger partial charge in [0.05, 0.1) is 0 Å². The van der Waals surface area contributed by atoms with Gasteiger partial charge in [0.15, 0.2) is 0 Å². The van der Waals surface area contributed by atoms with Crippen LogP contribution in [0.4, 0.5) is 0 Å². The zero-order valence-electron chi connectivity index (χ0n) is 16.9. The lowest BCUT2D eigenvalue weighted by Gasteiger charge is -2.46. The third-order valence-electron chi connectivity index (χ3n) is 6.57. The molecule has 3 aliphatic rings. The third kappa shape index (κ3) is 4.37. The van der Waals surface area contributed by atoms with Gasteiger partial charge in [0.25, 0.3) is 5.91 Å². The molecule has 0 radical (unpaired) electrons. The van der Waals surface area contributed by atoms with Gasteiger partial charge in [-0.1, -0.05) is 6.07 Å². The van der Waals surface area contributed by atoms with Gasteiger partial charge in [-0.2, -0.15) is 0 Å². The largest absolute Gasteiger partial charge is 0.343 e. The first-order valence-corrected chi connectivity index (χ1v) is 10.8. The number of pyridine rings is 1. The summed E-state index contributed by atoms with van der Waals surface area (Å²) >= 11 is 0. The number of rotatable bonds is 5. The molecule has 4 rings (SSSR count). The second kappa shape index (κ2) is 8.60. The minimum absolute atomic E-state index is 0.0586. The fourth-order valence-electron chi connectivity index (χ4n) is 5.10. The number of carbonyl (C=O) groups excluding carboxylic acids is 2. The second-order valence-corrected chi connectivity index (χ2v) is 8.73. The van der Waals surface area contributed by atoms with Crippen molar-refractivity contribution in [2.24, 2.45) is 11.8 Å². The molecule has 1 N–H and O–H groups in total. The van der Waals surface area contributed by atoms with Gasteiger partial charge >= 0.3 is 0 Å². The number of likely N-dealkylation sites (tertiary alicyclic amines) is 2. The van der Waals surface area contributed by atoms with Gasteiger partial charge in [0, 0.05) is 44.3 Å². The Hall–Kier alpha value is -1.95. The molecule has 3 atom stereocenters. The van der Waals surface area contributed by atoms with Crippen LogP contribution in [0.1, 0.15) is 54.7 Å². The molecule has 0 aromatic carbocycles. The van der Waals surface area contributed by atoms with E-state index >= 15 is 0 Å². The van der Waals surface area contributed by atoms with Crippen LogP contribution in [0.5, 0.6) is 0 Å². The van der Waals surface area contributed by atoms with E-state index < -0.39 is 0 Å². The Balaban J connectivity index is 1.31. The summed E-state index contributed by atoms with van der Waals surface area (Å²) in [5.74, 6) is 1.37. The quantitative estimate of drug-likeness (QED) is 0.846. The molecule has 0 spiro atoms. The summed E-state index contributed by atoms with van der Waals surface area (Å²) in [6, 6.07) is 6.05.